The molecule has 0 aliphatic carbocycles. The van der Waals surface area contributed by atoms with Gasteiger partial charge in [-0.2, -0.15) is 0 Å². The zero-order valence-corrected chi connectivity index (χ0v) is 9.69. The van der Waals surface area contributed by atoms with Gasteiger partial charge in [0.05, 0.1) is 22.0 Å². The molecule has 0 fully saturated rings. The number of hydrogen-bond donors (Lipinski definition) is 1. The highest BCUT2D eigenvalue weighted by atomic mass is 127. The molecule has 0 aliphatic heterocycles. The van der Waals surface area contributed by atoms with Crippen LogP contribution in [0.15, 0.2) is 11.1 Å². The van der Waals surface area contributed by atoms with Crippen molar-refractivity contribution >= 4 is 28.6 Å². The Morgan fingerprint density at radius 2 is 2.36 bits per heavy atom. The van der Waals surface area contributed by atoms with Crippen LogP contribution in [0.5, 0.6) is 0 Å². The number of rotatable bonds is 3. The van der Waals surface area contributed by atoms with E-state index in [0.717, 1.165) is 0 Å². The molecular formula is C8H9IN2O3. The lowest BCUT2D eigenvalue weighted by molar-refractivity contribution is -0.137. The third-order valence-electron chi connectivity index (χ3n) is 1.72. The number of carbonyl (C=O) groups is 1. The van der Waals surface area contributed by atoms with Crippen LogP contribution in [0.25, 0.3) is 0 Å². The summed E-state index contributed by atoms with van der Waals surface area (Å²) in [6.45, 7) is 1.90. The molecule has 6 heteroatoms. The summed E-state index contributed by atoms with van der Waals surface area (Å²) in [6.07, 6.45) is 1.31. The van der Waals surface area contributed by atoms with Gasteiger partial charge in [-0.05, 0) is 29.5 Å². The van der Waals surface area contributed by atoms with E-state index in [9.17, 15) is 9.59 Å². The Balaban J connectivity index is 2.95. The van der Waals surface area contributed by atoms with E-state index in [1.165, 1.54) is 10.9 Å². The van der Waals surface area contributed by atoms with Gasteiger partial charge in [0.2, 0.25) is 0 Å². The maximum absolute atomic E-state index is 11.5. The van der Waals surface area contributed by atoms with Gasteiger partial charge >= 0.3 is 5.97 Å². The third-order valence-corrected chi connectivity index (χ3v) is 2.97. The molecule has 0 bridgehead atoms. The molecule has 0 saturated heterocycles. The summed E-state index contributed by atoms with van der Waals surface area (Å²) in [5.74, 6) is -0.924. The fourth-order valence-electron chi connectivity index (χ4n) is 0.922. The summed E-state index contributed by atoms with van der Waals surface area (Å²) in [4.78, 5) is 25.8. The summed E-state index contributed by atoms with van der Waals surface area (Å²) in [6, 6.07) is 0. The van der Waals surface area contributed by atoms with Gasteiger partial charge in [-0.1, -0.05) is 0 Å². The van der Waals surface area contributed by atoms with Crippen LogP contribution in [0, 0.1) is 10.5 Å². The Labute approximate surface area is 93.9 Å². The van der Waals surface area contributed by atoms with E-state index in [1.807, 2.05) is 22.6 Å². The van der Waals surface area contributed by atoms with Crippen molar-refractivity contribution in [3.63, 3.8) is 0 Å². The van der Waals surface area contributed by atoms with Crippen molar-refractivity contribution in [1.82, 2.24) is 9.55 Å². The average Bonchev–Trinajstić information content (AvgIpc) is 2.13. The number of halogens is 1. The number of carboxylic acids is 1. The lowest BCUT2D eigenvalue weighted by atomic mass is 10.4. The predicted molar refractivity (Wildman–Crippen MR) is 58.2 cm³/mol. The molecular weight excluding hydrogens is 299 g/mol. The normalized spacial score (nSPS) is 10.1. The summed E-state index contributed by atoms with van der Waals surface area (Å²) in [7, 11) is 0. The first-order valence-electron chi connectivity index (χ1n) is 3.95. The van der Waals surface area contributed by atoms with Crippen LogP contribution >= 0.6 is 22.6 Å². The van der Waals surface area contributed by atoms with Gasteiger partial charge in [0.15, 0.2) is 0 Å². The first-order valence-corrected chi connectivity index (χ1v) is 5.03. The Kier molecular flexibility index (Phi) is 3.62. The lowest BCUT2D eigenvalue weighted by Crippen LogP contribution is -2.25. The molecule has 0 aromatic carbocycles. The third kappa shape index (κ3) is 2.53. The van der Waals surface area contributed by atoms with Crippen LogP contribution in [0.3, 0.4) is 0 Å². The van der Waals surface area contributed by atoms with E-state index < -0.39 is 5.97 Å². The van der Waals surface area contributed by atoms with E-state index in [-0.39, 0.29) is 18.5 Å². The van der Waals surface area contributed by atoms with Crippen molar-refractivity contribution < 1.29 is 9.90 Å². The molecule has 0 atom stereocenters. The van der Waals surface area contributed by atoms with E-state index in [1.54, 1.807) is 6.92 Å². The summed E-state index contributed by atoms with van der Waals surface area (Å²) >= 11 is 1.91. The number of carboxylic acid groups (broad SMARTS) is 1. The molecule has 1 heterocycles. The highest BCUT2D eigenvalue weighted by Gasteiger charge is 2.06. The fourth-order valence-corrected chi connectivity index (χ4v) is 1.37. The zero-order chi connectivity index (χ0) is 10.7. The van der Waals surface area contributed by atoms with Gasteiger partial charge in [0, 0.05) is 6.54 Å². The second-order valence-corrected chi connectivity index (χ2v) is 3.86. The summed E-state index contributed by atoms with van der Waals surface area (Å²) in [5.41, 5.74) is 0.488. The first-order chi connectivity index (χ1) is 6.52. The van der Waals surface area contributed by atoms with Gasteiger partial charge < -0.3 is 5.11 Å². The molecule has 0 radical (unpaired) electrons. The molecule has 14 heavy (non-hydrogen) atoms. The van der Waals surface area contributed by atoms with Gasteiger partial charge in [-0.3, -0.25) is 14.2 Å². The quantitative estimate of drug-likeness (QED) is 0.832. The van der Waals surface area contributed by atoms with Crippen molar-refractivity contribution in [3.05, 3.63) is 25.9 Å². The number of aryl methyl sites for hydroxylation is 2. The van der Waals surface area contributed by atoms with Crippen LogP contribution in [0.2, 0.25) is 0 Å². The van der Waals surface area contributed by atoms with Gasteiger partial charge in [0.25, 0.3) is 5.56 Å². The molecule has 0 spiro atoms. The first kappa shape index (κ1) is 11.2. The maximum atomic E-state index is 11.5. The van der Waals surface area contributed by atoms with Crippen LogP contribution in [-0.4, -0.2) is 20.6 Å². The second-order valence-electron chi connectivity index (χ2n) is 2.79. The lowest BCUT2D eigenvalue weighted by Gasteiger charge is -2.04. The minimum atomic E-state index is -0.924. The topological polar surface area (TPSA) is 72.2 Å². The Morgan fingerprint density at radius 1 is 1.71 bits per heavy atom. The number of nitrogens with zero attached hydrogens (tertiary/aromatic N) is 2. The van der Waals surface area contributed by atoms with Crippen LogP contribution in [0.4, 0.5) is 0 Å². The standard InChI is InChI=1S/C8H9IN2O3/c1-5-7(9)8(14)11(4-10-5)3-2-6(12)13/h4H,2-3H2,1H3,(H,12,13). The molecule has 0 aliphatic rings. The van der Waals surface area contributed by atoms with E-state index >= 15 is 0 Å². The predicted octanol–water partition coefficient (Wildman–Crippen LogP) is 0.631. The summed E-state index contributed by atoms with van der Waals surface area (Å²) in [5, 5.41) is 8.45. The largest absolute Gasteiger partial charge is 0.481 e. The molecule has 5 nitrogen and oxygen atoms in total. The van der Waals surface area contributed by atoms with E-state index in [2.05, 4.69) is 4.98 Å². The van der Waals surface area contributed by atoms with Gasteiger partial charge in [0.1, 0.15) is 0 Å². The smallest absolute Gasteiger partial charge is 0.305 e. The maximum Gasteiger partial charge on any atom is 0.305 e. The summed E-state index contributed by atoms with van der Waals surface area (Å²) < 4.78 is 1.85. The van der Waals surface area contributed by atoms with Crippen molar-refractivity contribution in [1.29, 1.82) is 0 Å². The van der Waals surface area contributed by atoms with Crippen molar-refractivity contribution in [3.8, 4) is 0 Å². The molecule has 0 amide bonds. The highest BCUT2D eigenvalue weighted by molar-refractivity contribution is 14.1. The van der Waals surface area contributed by atoms with Gasteiger partial charge in [-0.25, -0.2) is 4.98 Å². The minimum Gasteiger partial charge on any atom is -0.481 e. The SMILES string of the molecule is Cc1ncn(CCC(=O)O)c(=O)c1I. The van der Waals surface area contributed by atoms with Crippen LogP contribution in [0.1, 0.15) is 12.1 Å². The van der Waals surface area contributed by atoms with Gasteiger partial charge in [-0.15, -0.1) is 0 Å². The van der Waals surface area contributed by atoms with Crippen molar-refractivity contribution in [2.24, 2.45) is 0 Å². The second kappa shape index (κ2) is 4.54. The minimum absolute atomic E-state index is 0.0687. The molecule has 1 N–H and O–H groups in total. The average molecular weight is 308 g/mol. The highest BCUT2D eigenvalue weighted by Crippen LogP contribution is 2.01. The molecule has 1 aromatic rings. The molecule has 0 unspecified atom stereocenters. The number of aliphatic carboxylic acids is 1. The Morgan fingerprint density at radius 3 is 2.93 bits per heavy atom. The van der Waals surface area contributed by atoms with E-state index in [0.29, 0.717) is 9.26 Å². The molecule has 76 valence electrons. The number of aromatic nitrogens is 2. The zero-order valence-electron chi connectivity index (χ0n) is 7.53. The van der Waals surface area contributed by atoms with Crippen LogP contribution < -0.4 is 5.56 Å². The van der Waals surface area contributed by atoms with Crippen LogP contribution in [-0.2, 0) is 11.3 Å². The molecule has 0 saturated carbocycles. The van der Waals surface area contributed by atoms with E-state index in [4.69, 9.17) is 5.11 Å². The van der Waals surface area contributed by atoms with Crippen molar-refractivity contribution in [2.75, 3.05) is 0 Å². The Bertz CT molecular complexity index is 414. The molecule has 1 rings (SSSR count). The number of hydrogen-bond acceptors (Lipinski definition) is 3. The van der Waals surface area contributed by atoms with Crippen molar-refractivity contribution in [2.45, 2.75) is 19.9 Å². The fraction of sp³-hybridized carbons (Fsp3) is 0.375. The Hall–Kier alpha value is -0.920. The molecule has 1 aromatic heterocycles. The monoisotopic (exact) mass is 308 g/mol.